The molecule has 4 unspecified atom stereocenters. The smallest absolute Gasteiger partial charge is 0.358 e. The van der Waals surface area contributed by atoms with Crippen molar-refractivity contribution < 1.29 is 26.2 Å². The van der Waals surface area contributed by atoms with E-state index in [0.717, 1.165) is 23.7 Å². The van der Waals surface area contributed by atoms with E-state index in [-0.39, 0.29) is 55.9 Å². The van der Waals surface area contributed by atoms with Crippen LogP contribution in [0.4, 0.5) is 0 Å². The van der Waals surface area contributed by atoms with Gasteiger partial charge in [-0.15, -0.1) is 0 Å². The van der Waals surface area contributed by atoms with Crippen molar-refractivity contribution in [1.82, 2.24) is 0 Å². The van der Waals surface area contributed by atoms with E-state index in [1.165, 1.54) is 77.0 Å². The molecule has 0 spiro atoms. The normalized spacial score (nSPS) is 26.4. The van der Waals surface area contributed by atoms with E-state index >= 15 is 0 Å². The quantitative estimate of drug-likeness (QED) is 0.368. The summed E-state index contributed by atoms with van der Waals surface area (Å²) in [5, 5.41) is 0. The van der Waals surface area contributed by atoms with Gasteiger partial charge in [0.2, 0.25) is 0 Å². The van der Waals surface area contributed by atoms with Crippen LogP contribution in [-0.4, -0.2) is 0 Å². The molecule has 0 saturated heterocycles. The van der Waals surface area contributed by atoms with Crippen molar-refractivity contribution in [2.24, 2.45) is 23.7 Å². The Balaban J connectivity index is -0.0000000889. The SMILES string of the molecule is CCCCC1CCC(C)C1.CCCCC1CCC(C)C1.[CH3-].[CH3-].[CH3-].[CH3-].[Zr+4]. The van der Waals surface area contributed by atoms with Crippen molar-refractivity contribution >= 4 is 0 Å². The third kappa shape index (κ3) is 18.0. The number of hydrogen-bond donors (Lipinski definition) is 0. The van der Waals surface area contributed by atoms with Gasteiger partial charge in [-0.1, -0.05) is 91.9 Å². The second kappa shape index (κ2) is 22.9. The molecule has 0 radical (unpaired) electrons. The Kier molecular flexibility index (Phi) is 33.7. The molecule has 4 atom stereocenters. The third-order valence-electron chi connectivity index (χ3n) is 5.54. The van der Waals surface area contributed by atoms with Crippen molar-refractivity contribution in [3.63, 3.8) is 0 Å². The Hall–Kier alpha value is 0.883. The largest absolute Gasteiger partial charge is 4.00 e. The summed E-state index contributed by atoms with van der Waals surface area (Å²) in [6.07, 6.45) is 17.7. The molecule has 2 aliphatic rings. The molecule has 2 saturated carbocycles. The van der Waals surface area contributed by atoms with Crippen molar-refractivity contribution in [2.45, 2.75) is 105 Å². The van der Waals surface area contributed by atoms with Gasteiger partial charge in [0.25, 0.3) is 0 Å². The van der Waals surface area contributed by atoms with Crippen LogP contribution < -0.4 is 0 Å². The molecule has 0 N–H and O–H groups in total. The van der Waals surface area contributed by atoms with Gasteiger partial charge in [-0.2, -0.15) is 0 Å². The summed E-state index contributed by atoms with van der Waals surface area (Å²) < 4.78 is 0. The van der Waals surface area contributed by atoms with E-state index in [9.17, 15) is 0 Å². The summed E-state index contributed by atoms with van der Waals surface area (Å²) in [4.78, 5) is 0. The zero-order valence-electron chi connectivity index (χ0n) is 19.3. The van der Waals surface area contributed by atoms with E-state index in [0.29, 0.717) is 0 Å². The number of hydrogen-bond acceptors (Lipinski definition) is 0. The van der Waals surface area contributed by atoms with Gasteiger partial charge in [-0.05, 0) is 36.5 Å². The summed E-state index contributed by atoms with van der Waals surface area (Å²) >= 11 is 0. The van der Waals surface area contributed by atoms with Crippen LogP contribution in [0.1, 0.15) is 105 Å². The average molecular weight is 432 g/mol. The van der Waals surface area contributed by atoms with Crippen molar-refractivity contribution in [3.05, 3.63) is 29.7 Å². The molecule has 0 nitrogen and oxygen atoms in total. The molecule has 0 aromatic heterocycles. The summed E-state index contributed by atoms with van der Waals surface area (Å²) in [5.41, 5.74) is 0. The molecule has 2 fully saturated rings. The zero-order valence-corrected chi connectivity index (χ0v) is 21.8. The predicted molar refractivity (Wildman–Crippen MR) is 118 cm³/mol. The van der Waals surface area contributed by atoms with Crippen LogP contribution in [0.25, 0.3) is 0 Å². The summed E-state index contributed by atoms with van der Waals surface area (Å²) in [6.45, 7) is 9.37. The fourth-order valence-electron chi connectivity index (χ4n) is 4.16. The van der Waals surface area contributed by atoms with Gasteiger partial charge in [0, 0.05) is 0 Å². The van der Waals surface area contributed by atoms with E-state index in [1.54, 1.807) is 0 Å². The van der Waals surface area contributed by atoms with Crippen LogP contribution in [0, 0.1) is 53.4 Å². The van der Waals surface area contributed by atoms with Crippen LogP contribution in [0.15, 0.2) is 0 Å². The Morgan fingerprint density at radius 3 is 1.12 bits per heavy atom. The minimum Gasteiger partial charge on any atom is -0.358 e. The average Bonchev–Trinajstić information content (AvgIpc) is 3.03. The Labute approximate surface area is 183 Å². The van der Waals surface area contributed by atoms with E-state index in [2.05, 4.69) is 27.7 Å². The monoisotopic (exact) mass is 430 g/mol. The van der Waals surface area contributed by atoms with Crippen LogP contribution in [0.3, 0.4) is 0 Å². The second-order valence-electron chi connectivity index (χ2n) is 7.85. The Morgan fingerprint density at radius 2 is 0.920 bits per heavy atom. The molecular formula is C24H52Zr. The summed E-state index contributed by atoms with van der Waals surface area (Å²) in [5.74, 6) is 4.24. The molecular weight excluding hydrogens is 379 g/mol. The van der Waals surface area contributed by atoms with Crippen LogP contribution in [0.5, 0.6) is 0 Å². The topological polar surface area (TPSA) is 0 Å². The summed E-state index contributed by atoms with van der Waals surface area (Å²) in [6, 6.07) is 0. The van der Waals surface area contributed by atoms with E-state index < -0.39 is 0 Å². The molecule has 2 aliphatic carbocycles. The first-order chi connectivity index (χ1) is 9.65. The van der Waals surface area contributed by atoms with E-state index in [1.807, 2.05) is 0 Å². The van der Waals surface area contributed by atoms with Crippen molar-refractivity contribution in [3.8, 4) is 0 Å². The molecule has 25 heavy (non-hydrogen) atoms. The van der Waals surface area contributed by atoms with Crippen LogP contribution in [0.2, 0.25) is 0 Å². The molecule has 0 bridgehead atoms. The first-order valence-corrected chi connectivity index (χ1v) is 9.65. The van der Waals surface area contributed by atoms with Gasteiger partial charge >= 0.3 is 26.2 Å². The minimum atomic E-state index is 0. The van der Waals surface area contributed by atoms with E-state index in [4.69, 9.17) is 0 Å². The summed E-state index contributed by atoms with van der Waals surface area (Å²) in [7, 11) is 0. The predicted octanol–water partition coefficient (Wildman–Crippen LogP) is 9.02. The fourth-order valence-corrected chi connectivity index (χ4v) is 4.16. The molecule has 2 rings (SSSR count). The van der Waals surface area contributed by atoms with Gasteiger partial charge in [0.05, 0.1) is 0 Å². The zero-order chi connectivity index (χ0) is 14.8. The second-order valence-corrected chi connectivity index (χ2v) is 7.85. The van der Waals surface area contributed by atoms with Crippen LogP contribution >= 0.6 is 0 Å². The Morgan fingerprint density at radius 1 is 0.600 bits per heavy atom. The first-order valence-electron chi connectivity index (χ1n) is 9.65. The van der Waals surface area contributed by atoms with Gasteiger partial charge in [-0.25, -0.2) is 0 Å². The standard InChI is InChI=1S/2C10H20.4CH3.Zr/c2*1-3-4-5-10-7-6-9(2)8-10;;;;;/h2*9-10H,3-8H2,1-2H3;4*1H3;/q;;4*-1;+4. The molecule has 152 valence electrons. The minimum absolute atomic E-state index is 0. The van der Waals surface area contributed by atoms with Crippen LogP contribution in [-0.2, 0) is 26.2 Å². The fraction of sp³-hybridized carbons (Fsp3) is 0.833. The number of unbranched alkanes of at least 4 members (excludes halogenated alkanes) is 2. The van der Waals surface area contributed by atoms with Gasteiger partial charge in [0.1, 0.15) is 0 Å². The maximum atomic E-state index is 2.39. The maximum Gasteiger partial charge on any atom is 4.00 e. The maximum absolute atomic E-state index is 2.39. The Bertz CT molecular complexity index is 202. The van der Waals surface area contributed by atoms with Gasteiger partial charge < -0.3 is 29.7 Å². The van der Waals surface area contributed by atoms with Crippen molar-refractivity contribution in [2.75, 3.05) is 0 Å². The van der Waals surface area contributed by atoms with Gasteiger partial charge in [0.15, 0.2) is 0 Å². The molecule has 0 aromatic carbocycles. The number of rotatable bonds is 6. The molecule has 0 aliphatic heterocycles. The molecule has 0 amide bonds. The van der Waals surface area contributed by atoms with Crippen molar-refractivity contribution in [1.29, 1.82) is 0 Å². The first kappa shape index (κ1) is 36.7. The van der Waals surface area contributed by atoms with Gasteiger partial charge in [-0.3, -0.25) is 0 Å². The molecule has 1 heteroatoms. The molecule has 0 heterocycles. The third-order valence-corrected chi connectivity index (χ3v) is 5.54. The molecule has 0 aromatic rings.